The zero-order valence-electron chi connectivity index (χ0n) is 16.0. The Bertz CT molecular complexity index is 1510. The molecular weight excluding hydrogens is 338 g/mol. The van der Waals surface area contributed by atoms with Gasteiger partial charge >= 0.3 is 0 Å². The first-order chi connectivity index (χ1) is 13.7. The van der Waals surface area contributed by atoms with Gasteiger partial charge in [0, 0.05) is 22.9 Å². The largest absolute Gasteiger partial charge is 0.213 e. The maximum atomic E-state index is 2.38. The normalized spacial score (nSPS) is 11.9. The highest BCUT2D eigenvalue weighted by atomic mass is 14.9. The van der Waals surface area contributed by atoms with Crippen molar-refractivity contribution in [3.63, 3.8) is 0 Å². The molecule has 132 valence electrons. The molecule has 0 atom stereocenters. The zero-order valence-corrected chi connectivity index (χ0v) is 16.0. The minimum Gasteiger partial charge on any atom is -0.201 e. The maximum absolute atomic E-state index is 2.38. The van der Waals surface area contributed by atoms with E-state index in [1.165, 1.54) is 59.9 Å². The average Bonchev–Trinajstić information content (AvgIpc) is 2.73. The van der Waals surface area contributed by atoms with Crippen molar-refractivity contribution in [2.75, 3.05) is 0 Å². The number of hydrogen-bond acceptors (Lipinski definition) is 0. The predicted molar refractivity (Wildman–Crippen MR) is 119 cm³/mol. The Morgan fingerprint density at radius 2 is 1.46 bits per heavy atom. The van der Waals surface area contributed by atoms with Crippen LogP contribution in [0.4, 0.5) is 0 Å². The third kappa shape index (κ3) is 2.05. The summed E-state index contributed by atoms with van der Waals surface area (Å²) in [6.07, 6.45) is 2.18. The van der Waals surface area contributed by atoms with E-state index < -0.39 is 0 Å². The van der Waals surface area contributed by atoms with Crippen molar-refractivity contribution in [2.45, 2.75) is 6.92 Å². The molecule has 6 aromatic rings. The van der Waals surface area contributed by atoms with Crippen LogP contribution in [0, 0.1) is 6.92 Å². The fourth-order valence-electron chi connectivity index (χ4n) is 4.68. The molecule has 1 aromatic heterocycles. The Hall–Kier alpha value is -3.45. The van der Waals surface area contributed by atoms with Gasteiger partial charge in [0.2, 0.25) is 5.52 Å². The molecule has 0 unspecified atom stereocenters. The van der Waals surface area contributed by atoms with Crippen molar-refractivity contribution in [3.8, 4) is 11.1 Å². The molecule has 5 aromatic carbocycles. The molecule has 0 bridgehead atoms. The average molecular weight is 358 g/mol. The highest BCUT2D eigenvalue weighted by molar-refractivity contribution is 6.30. The third-order valence-corrected chi connectivity index (χ3v) is 6.10. The number of fused-ring (bicyclic) bond motifs is 2. The highest BCUT2D eigenvalue weighted by Gasteiger charge is 2.19. The molecule has 6 rings (SSSR count). The number of nitrogens with zero attached hydrogens (tertiary/aromatic N) is 1. The van der Waals surface area contributed by atoms with Gasteiger partial charge < -0.3 is 0 Å². The van der Waals surface area contributed by atoms with Gasteiger partial charge in [-0.15, -0.1) is 0 Å². The summed E-state index contributed by atoms with van der Waals surface area (Å²) in [5, 5.41) is 9.34. The van der Waals surface area contributed by atoms with Crippen LogP contribution in [0.2, 0.25) is 0 Å². The molecule has 0 aliphatic heterocycles. The molecule has 0 aliphatic rings. The van der Waals surface area contributed by atoms with E-state index in [1.54, 1.807) is 0 Å². The molecule has 28 heavy (non-hydrogen) atoms. The van der Waals surface area contributed by atoms with Crippen LogP contribution in [-0.4, -0.2) is 0 Å². The fourth-order valence-corrected chi connectivity index (χ4v) is 4.68. The standard InChI is InChI=1S/C27H20N/c1-17-7-9-18(10-8-17)24-16-20-15-19-5-3-4-6-21(19)22-11-12-25-27(26(20)22)23(24)13-14-28(25)2/h3-16H,1-2H3/q+1. The van der Waals surface area contributed by atoms with Crippen LogP contribution < -0.4 is 4.57 Å². The van der Waals surface area contributed by atoms with Gasteiger partial charge in [0.05, 0.1) is 5.39 Å². The first-order valence-corrected chi connectivity index (χ1v) is 9.77. The molecule has 1 heteroatoms. The van der Waals surface area contributed by atoms with Crippen LogP contribution in [0.1, 0.15) is 5.56 Å². The van der Waals surface area contributed by atoms with Crippen LogP contribution in [-0.2, 0) is 7.05 Å². The maximum Gasteiger partial charge on any atom is 0.213 e. The lowest BCUT2D eigenvalue weighted by Gasteiger charge is -2.15. The summed E-state index contributed by atoms with van der Waals surface area (Å²) < 4.78 is 2.23. The lowest BCUT2D eigenvalue weighted by molar-refractivity contribution is -0.644. The van der Waals surface area contributed by atoms with Crippen molar-refractivity contribution in [1.82, 2.24) is 0 Å². The van der Waals surface area contributed by atoms with Gasteiger partial charge in [-0.25, -0.2) is 4.57 Å². The fraction of sp³-hybridized carbons (Fsp3) is 0.0741. The topological polar surface area (TPSA) is 3.88 Å². The molecule has 0 saturated carbocycles. The van der Waals surface area contributed by atoms with Crippen LogP contribution in [0.3, 0.4) is 0 Å². The van der Waals surface area contributed by atoms with Gasteiger partial charge in [0.15, 0.2) is 6.20 Å². The smallest absolute Gasteiger partial charge is 0.201 e. The van der Waals surface area contributed by atoms with Gasteiger partial charge in [0.25, 0.3) is 0 Å². The van der Waals surface area contributed by atoms with E-state index in [4.69, 9.17) is 0 Å². The van der Waals surface area contributed by atoms with E-state index >= 15 is 0 Å². The summed E-state index contributed by atoms with van der Waals surface area (Å²) >= 11 is 0. The number of benzene rings is 5. The summed E-state index contributed by atoms with van der Waals surface area (Å²) in [5.74, 6) is 0. The Morgan fingerprint density at radius 3 is 2.32 bits per heavy atom. The zero-order chi connectivity index (χ0) is 18.8. The van der Waals surface area contributed by atoms with Crippen LogP contribution in [0.15, 0.2) is 85.1 Å². The van der Waals surface area contributed by atoms with E-state index in [0.717, 1.165) is 0 Å². The second-order valence-electron chi connectivity index (χ2n) is 7.83. The van der Waals surface area contributed by atoms with Gasteiger partial charge in [-0.3, -0.25) is 0 Å². The van der Waals surface area contributed by atoms with Gasteiger partial charge in [-0.05, 0) is 57.8 Å². The second kappa shape index (κ2) is 5.53. The number of rotatable bonds is 1. The summed E-state index contributed by atoms with van der Waals surface area (Å²) in [6.45, 7) is 2.14. The summed E-state index contributed by atoms with van der Waals surface area (Å²) in [4.78, 5) is 0. The van der Waals surface area contributed by atoms with E-state index in [2.05, 4.69) is 104 Å². The molecule has 0 fully saturated rings. The molecule has 0 amide bonds. The monoisotopic (exact) mass is 358 g/mol. The summed E-state index contributed by atoms with van der Waals surface area (Å²) in [7, 11) is 2.13. The minimum absolute atomic E-state index is 1.27. The molecule has 0 spiro atoms. The lowest BCUT2D eigenvalue weighted by atomic mass is 9.88. The summed E-state index contributed by atoms with van der Waals surface area (Å²) in [5.41, 5.74) is 5.15. The van der Waals surface area contributed by atoms with E-state index in [9.17, 15) is 0 Å². The van der Waals surface area contributed by atoms with Crippen molar-refractivity contribution in [3.05, 3.63) is 90.6 Å². The number of aromatic nitrogens is 1. The van der Waals surface area contributed by atoms with Crippen LogP contribution in [0.25, 0.3) is 54.3 Å². The van der Waals surface area contributed by atoms with Crippen molar-refractivity contribution in [2.24, 2.45) is 7.05 Å². The van der Waals surface area contributed by atoms with E-state index in [-0.39, 0.29) is 0 Å². The highest BCUT2D eigenvalue weighted by Crippen LogP contribution is 2.41. The third-order valence-electron chi connectivity index (χ3n) is 6.10. The Kier molecular flexibility index (Phi) is 3.08. The van der Waals surface area contributed by atoms with Crippen LogP contribution in [0.5, 0.6) is 0 Å². The molecule has 0 aliphatic carbocycles. The van der Waals surface area contributed by atoms with Crippen molar-refractivity contribution < 1.29 is 4.57 Å². The van der Waals surface area contributed by atoms with E-state index in [1.807, 2.05) is 0 Å². The molecule has 0 radical (unpaired) electrons. The van der Waals surface area contributed by atoms with Crippen molar-refractivity contribution >= 4 is 43.2 Å². The van der Waals surface area contributed by atoms with Gasteiger partial charge in [-0.2, -0.15) is 0 Å². The Morgan fingerprint density at radius 1 is 0.643 bits per heavy atom. The molecule has 1 heterocycles. The van der Waals surface area contributed by atoms with Gasteiger partial charge in [-0.1, -0.05) is 54.1 Å². The Balaban J connectivity index is 1.89. The van der Waals surface area contributed by atoms with Gasteiger partial charge in [0.1, 0.15) is 7.05 Å². The predicted octanol–water partition coefficient (Wildman–Crippen LogP) is 6.54. The molecule has 1 nitrogen and oxygen atoms in total. The first kappa shape index (κ1) is 15.6. The number of hydrogen-bond donors (Lipinski definition) is 0. The number of aryl methyl sites for hydroxylation is 2. The minimum atomic E-state index is 1.27. The molecular formula is C27H20N+. The summed E-state index contributed by atoms with van der Waals surface area (Å²) in [6, 6.07) is 29.2. The molecule has 0 saturated heterocycles. The number of pyridine rings is 1. The lowest BCUT2D eigenvalue weighted by Crippen LogP contribution is -2.28. The Labute approximate surface area is 163 Å². The SMILES string of the molecule is Cc1ccc(-c2cc3cc4ccccc4c4ccc5c(c2cc[n+]5C)c34)cc1. The quantitative estimate of drug-likeness (QED) is 0.178. The van der Waals surface area contributed by atoms with Crippen LogP contribution >= 0.6 is 0 Å². The molecule has 0 N–H and O–H groups in total. The first-order valence-electron chi connectivity index (χ1n) is 9.77. The van der Waals surface area contributed by atoms with E-state index in [0.29, 0.717) is 0 Å². The van der Waals surface area contributed by atoms with Crippen molar-refractivity contribution in [1.29, 1.82) is 0 Å². The second-order valence-corrected chi connectivity index (χ2v) is 7.83.